The number of carbonyl (C=O) groups is 2. The average Bonchev–Trinajstić information content (AvgIpc) is 2.35. The zero-order valence-electron chi connectivity index (χ0n) is 13.1. The van der Waals surface area contributed by atoms with Crippen molar-refractivity contribution in [3.63, 3.8) is 0 Å². The Morgan fingerprint density at radius 3 is 1.75 bits per heavy atom. The van der Waals surface area contributed by atoms with Gasteiger partial charge in [-0.15, -0.1) is 0 Å². The third-order valence-corrected chi connectivity index (χ3v) is 3.05. The topological polar surface area (TPSA) is 66.4 Å². The number of carbonyl (C=O) groups excluding carboxylic acids is 2. The number of rotatable bonds is 13. The molecule has 20 heavy (non-hydrogen) atoms. The van der Waals surface area contributed by atoms with E-state index >= 15 is 0 Å². The smallest absolute Gasteiger partial charge is 0.550 e. The fraction of sp³-hybridized carbons (Fsp3) is 0.867. The summed E-state index contributed by atoms with van der Waals surface area (Å²) in [4.78, 5) is 21.0. The van der Waals surface area contributed by atoms with E-state index in [9.17, 15) is 14.7 Å². The van der Waals surface area contributed by atoms with Crippen molar-refractivity contribution in [2.75, 3.05) is 6.61 Å². The van der Waals surface area contributed by atoms with Gasteiger partial charge < -0.3 is 14.6 Å². The Balaban J connectivity index is 0. The van der Waals surface area contributed by atoms with Crippen LogP contribution in [0, 0.1) is 0 Å². The van der Waals surface area contributed by atoms with Crippen LogP contribution < -0.4 is 56.5 Å². The first kappa shape index (κ1) is 22.9. The monoisotopic (exact) mass is 310 g/mol. The number of ether oxygens (including phenoxy) is 1. The molecule has 0 aromatic rings. The fourth-order valence-corrected chi connectivity index (χ4v) is 1.94. The van der Waals surface area contributed by atoms with Crippen LogP contribution in [0.3, 0.4) is 0 Å². The predicted octanol–water partition coefficient (Wildman–Crippen LogP) is -0.405. The number of carboxylic acid groups (broad SMARTS) is 1. The number of hydrogen-bond acceptors (Lipinski definition) is 4. The Morgan fingerprint density at radius 2 is 1.30 bits per heavy atom. The third kappa shape index (κ3) is 18.6. The summed E-state index contributed by atoms with van der Waals surface area (Å²) >= 11 is 0. The summed E-state index contributed by atoms with van der Waals surface area (Å²) in [5.41, 5.74) is 0. The van der Waals surface area contributed by atoms with Crippen LogP contribution in [0.1, 0.15) is 77.6 Å². The second kappa shape index (κ2) is 17.6. The van der Waals surface area contributed by atoms with Gasteiger partial charge in [0.15, 0.2) is 0 Å². The molecule has 0 aliphatic carbocycles. The second-order valence-corrected chi connectivity index (χ2v) is 4.95. The van der Waals surface area contributed by atoms with Crippen molar-refractivity contribution < 1.29 is 70.8 Å². The van der Waals surface area contributed by atoms with Crippen molar-refractivity contribution in [1.29, 1.82) is 0 Å². The maximum atomic E-state index is 10.9. The summed E-state index contributed by atoms with van der Waals surface area (Å²) in [7, 11) is 0. The van der Waals surface area contributed by atoms with Crippen molar-refractivity contribution in [3.05, 3.63) is 0 Å². The minimum atomic E-state index is -1.38. The van der Waals surface area contributed by atoms with Gasteiger partial charge in [0.25, 0.3) is 0 Å². The standard InChI is InChI=1S/C15H28O4.K/c1-2-3-4-5-6-7-8-9-10-11-12-19-15(18)13-14(16)17;/h2-13H2,1H3,(H,16,17);/q;+1/p-1. The van der Waals surface area contributed by atoms with Crippen LogP contribution in [0.5, 0.6) is 0 Å². The quantitative estimate of drug-likeness (QED) is 0.201. The van der Waals surface area contributed by atoms with E-state index < -0.39 is 18.4 Å². The third-order valence-electron chi connectivity index (χ3n) is 3.05. The van der Waals surface area contributed by atoms with E-state index in [4.69, 9.17) is 4.74 Å². The van der Waals surface area contributed by atoms with Gasteiger partial charge in [0, 0.05) is 0 Å². The first-order valence-corrected chi connectivity index (χ1v) is 7.52. The summed E-state index contributed by atoms with van der Waals surface area (Å²) in [5.74, 6) is -2.08. The minimum absolute atomic E-state index is 0. The van der Waals surface area contributed by atoms with Gasteiger partial charge in [-0.25, -0.2) is 0 Å². The summed E-state index contributed by atoms with van der Waals surface area (Å²) in [5, 5.41) is 10.1. The number of hydrogen-bond donors (Lipinski definition) is 0. The molecule has 4 nitrogen and oxygen atoms in total. The molecule has 0 aliphatic heterocycles. The molecular weight excluding hydrogens is 283 g/mol. The Labute approximate surface area is 165 Å². The molecule has 0 aromatic carbocycles. The van der Waals surface area contributed by atoms with Crippen molar-refractivity contribution in [2.45, 2.75) is 77.6 Å². The molecule has 0 spiro atoms. The van der Waals surface area contributed by atoms with Crippen molar-refractivity contribution >= 4 is 11.9 Å². The Hall–Kier alpha value is 0.576. The van der Waals surface area contributed by atoms with Crippen molar-refractivity contribution in [2.24, 2.45) is 0 Å². The second-order valence-electron chi connectivity index (χ2n) is 4.95. The normalized spacial score (nSPS) is 9.85. The largest absolute Gasteiger partial charge is 1.00 e. The summed E-state index contributed by atoms with van der Waals surface area (Å²) < 4.78 is 4.77. The molecule has 0 rings (SSSR count). The summed E-state index contributed by atoms with van der Waals surface area (Å²) in [6.07, 6.45) is 11.5. The van der Waals surface area contributed by atoms with Crippen LogP contribution in [-0.4, -0.2) is 18.5 Å². The Kier molecular flexibility index (Phi) is 20.1. The molecule has 0 saturated heterocycles. The number of carboxylic acids is 1. The Morgan fingerprint density at radius 1 is 0.850 bits per heavy atom. The van der Waals surface area contributed by atoms with Gasteiger partial charge in [0.1, 0.15) is 0 Å². The van der Waals surface area contributed by atoms with E-state index in [0.29, 0.717) is 6.61 Å². The molecule has 0 amide bonds. The van der Waals surface area contributed by atoms with Crippen LogP contribution in [0.2, 0.25) is 0 Å². The average molecular weight is 310 g/mol. The molecule has 0 fully saturated rings. The molecule has 0 unspecified atom stereocenters. The van der Waals surface area contributed by atoms with Crippen molar-refractivity contribution in [1.82, 2.24) is 0 Å². The zero-order valence-corrected chi connectivity index (χ0v) is 16.2. The van der Waals surface area contributed by atoms with E-state index in [-0.39, 0.29) is 51.4 Å². The molecule has 0 heterocycles. The minimum Gasteiger partial charge on any atom is -0.550 e. The zero-order chi connectivity index (χ0) is 14.3. The van der Waals surface area contributed by atoms with Gasteiger partial charge >= 0.3 is 57.4 Å². The van der Waals surface area contributed by atoms with Crippen LogP contribution >= 0.6 is 0 Å². The molecule has 0 aromatic heterocycles. The van der Waals surface area contributed by atoms with E-state index in [1.807, 2.05) is 0 Å². The number of esters is 1. The molecule has 0 bridgehead atoms. The van der Waals surface area contributed by atoms with E-state index in [0.717, 1.165) is 19.3 Å². The molecule has 0 atom stereocenters. The maximum absolute atomic E-state index is 10.9. The van der Waals surface area contributed by atoms with Crippen molar-refractivity contribution in [3.8, 4) is 0 Å². The van der Waals surface area contributed by atoms with Crippen LogP contribution in [0.25, 0.3) is 0 Å². The van der Waals surface area contributed by atoms with Crippen LogP contribution in [0.4, 0.5) is 0 Å². The molecule has 0 radical (unpaired) electrons. The first-order chi connectivity index (χ1) is 9.16. The fourth-order valence-electron chi connectivity index (χ4n) is 1.94. The molecule has 0 aliphatic rings. The number of aliphatic carboxylic acids is 1. The van der Waals surface area contributed by atoms with Gasteiger partial charge in [-0.2, -0.15) is 0 Å². The maximum Gasteiger partial charge on any atom is 1.00 e. The summed E-state index contributed by atoms with van der Waals surface area (Å²) in [6, 6.07) is 0. The molecule has 5 heteroatoms. The van der Waals surface area contributed by atoms with Gasteiger partial charge in [-0.05, 0) is 6.42 Å². The molecule has 0 N–H and O–H groups in total. The Bertz CT molecular complexity index is 244. The van der Waals surface area contributed by atoms with Gasteiger partial charge in [-0.1, -0.05) is 64.7 Å². The SMILES string of the molecule is CCCCCCCCCCCCOC(=O)CC(=O)[O-].[K+]. The van der Waals surface area contributed by atoms with Gasteiger partial charge in [0.2, 0.25) is 0 Å². The predicted molar refractivity (Wildman–Crippen MR) is 72.4 cm³/mol. The molecular formula is C15H27KO4. The van der Waals surface area contributed by atoms with E-state index in [2.05, 4.69) is 6.92 Å². The van der Waals surface area contributed by atoms with Gasteiger partial charge in [0.05, 0.1) is 19.0 Å². The molecule has 0 saturated carbocycles. The molecule has 112 valence electrons. The summed E-state index contributed by atoms with van der Waals surface area (Å²) in [6.45, 7) is 2.54. The van der Waals surface area contributed by atoms with Gasteiger partial charge in [-0.3, -0.25) is 4.79 Å². The first-order valence-electron chi connectivity index (χ1n) is 7.52. The van der Waals surface area contributed by atoms with Crippen LogP contribution in [0.15, 0.2) is 0 Å². The van der Waals surface area contributed by atoms with Crippen LogP contribution in [-0.2, 0) is 14.3 Å². The number of unbranched alkanes of at least 4 members (excludes halogenated alkanes) is 9. The van der Waals surface area contributed by atoms with E-state index in [1.165, 1.54) is 44.9 Å². The van der Waals surface area contributed by atoms with E-state index in [1.54, 1.807) is 0 Å².